The summed E-state index contributed by atoms with van der Waals surface area (Å²) < 4.78 is 0. The van der Waals surface area contributed by atoms with Gasteiger partial charge >= 0.3 is 0 Å². The first kappa shape index (κ1) is 8.32. The molecule has 1 aromatic rings. The van der Waals surface area contributed by atoms with Gasteiger partial charge in [-0.05, 0) is 24.3 Å². The van der Waals surface area contributed by atoms with Gasteiger partial charge in [-0.1, -0.05) is 11.6 Å². The molecule has 0 bridgehead atoms. The second kappa shape index (κ2) is 3.62. The Bertz CT molecular complexity index is 340. The molecule has 0 aromatic heterocycles. The maximum Gasteiger partial charge on any atom is 0.0579 e. The van der Waals surface area contributed by atoms with Crippen molar-refractivity contribution >= 4 is 23.5 Å². The molecule has 0 amide bonds. The van der Waals surface area contributed by atoms with E-state index in [9.17, 15) is 0 Å². The monoisotopic (exact) mass is 192 g/mol. The SMILES string of the molecule is Clc1ccc(N2C=CN=CC2)cc1. The van der Waals surface area contributed by atoms with Crippen molar-refractivity contribution in [3.63, 3.8) is 0 Å². The largest absolute Gasteiger partial charge is 0.341 e. The van der Waals surface area contributed by atoms with Crippen LogP contribution in [0.5, 0.6) is 0 Å². The second-order valence-electron chi connectivity index (χ2n) is 2.76. The van der Waals surface area contributed by atoms with Gasteiger partial charge in [0.15, 0.2) is 0 Å². The summed E-state index contributed by atoms with van der Waals surface area (Å²) >= 11 is 5.79. The van der Waals surface area contributed by atoms with Crippen molar-refractivity contribution in [3.8, 4) is 0 Å². The standard InChI is InChI=1S/C10H9ClN2/c11-9-1-3-10(4-2-9)13-7-5-12-6-8-13/h1-7H,8H2. The van der Waals surface area contributed by atoms with Crippen molar-refractivity contribution in [2.24, 2.45) is 4.99 Å². The van der Waals surface area contributed by atoms with E-state index in [1.807, 2.05) is 36.7 Å². The van der Waals surface area contributed by atoms with Crippen LogP contribution in [0.4, 0.5) is 5.69 Å². The van der Waals surface area contributed by atoms with Crippen molar-refractivity contribution in [1.82, 2.24) is 0 Å². The van der Waals surface area contributed by atoms with Crippen molar-refractivity contribution in [2.75, 3.05) is 11.4 Å². The third-order valence-electron chi connectivity index (χ3n) is 1.87. The van der Waals surface area contributed by atoms with E-state index in [-0.39, 0.29) is 0 Å². The smallest absolute Gasteiger partial charge is 0.0579 e. The lowest BCUT2D eigenvalue weighted by Crippen LogP contribution is -2.20. The van der Waals surface area contributed by atoms with E-state index in [0.717, 1.165) is 17.3 Å². The van der Waals surface area contributed by atoms with Gasteiger partial charge in [-0.15, -0.1) is 0 Å². The van der Waals surface area contributed by atoms with E-state index in [2.05, 4.69) is 9.89 Å². The van der Waals surface area contributed by atoms with Gasteiger partial charge in [-0.2, -0.15) is 0 Å². The third kappa shape index (κ3) is 1.90. The van der Waals surface area contributed by atoms with Gasteiger partial charge in [-0.3, -0.25) is 4.99 Å². The minimum Gasteiger partial charge on any atom is -0.341 e. The van der Waals surface area contributed by atoms with Crippen LogP contribution in [-0.2, 0) is 0 Å². The van der Waals surface area contributed by atoms with Crippen molar-refractivity contribution in [3.05, 3.63) is 41.7 Å². The van der Waals surface area contributed by atoms with Crippen molar-refractivity contribution < 1.29 is 0 Å². The van der Waals surface area contributed by atoms with E-state index < -0.39 is 0 Å². The molecule has 1 aliphatic rings. The molecule has 0 N–H and O–H groups in total. The third-order valence-corrected chi connectivity index (χ3v) is 2.13. The molecule has 2 nitrogen and oxygen atoms in total. The highest BCUT2D eigenvalue weighted by Crippen LogP contribution is 2.18. The lowest BCUT2D eigenvalue weighted by Gasteiger charge is -2.19. The first-order chi connectivity index (χ1) is 6.36. The molecule has 0 radical (unpaired) electrons. The minimum absolute atomic E-state index is 0.762. The van der Waals surface area contributed by atoms with E-state index >= 15 is 0 Å². The zero-order valence-corrected chi connectivity index (χ0v) is 7.78. The minimum atomic E-state index is 0.762. The summed E-state index contributed by atoms with van der Waals surface area (Å²) in [6.45, 7) is 0.818. The highest BCUT2D eigenvalue weighted by molar-refractivity contribution is 6.30. The van der Waals surface area contributed by atoms with Crippen LogP contribution in [-0.4, -0.2) is 12.8 Å². The van der Waals surface area contributed by atoms with Gasteiger partial charge in [0.2, 0.25) is 0 Å². The zero-order chi connectivity index (χ0) is 9.10. The summed E-state index contributed by atoms with van der Waals surface area (Å²) in [6.07, 6.45) is 5.59. The summed E-state index contributed by atoms with van der Waals surface area (Å²) in [6, 6.07) is 7.75. The normalized spacial score (nSPS) is 15.0. The Hall–Kier alpha value is -1.28. The molecule has 0 unspecified atom stereocenters. The quantitative estimate of drug-likeness (QED) is 0.668. The maximum atomic E-state index is 5.79. The molecule has 0 atom stereocenters. The average Bonchev–Trinajstić information content (AvgIpc) is 2.20. The van der Waals surface area contributed by atoms with Crippen LogP contribution in [0.1, 0.15) is 0 Å². The molecule has 0 saturated heterocycles. The predicted molar refractivity (Wildman–Crippen MR) is 56.4 cm³/mol. The molecular formula is C10H9ClN2. The summed E-state index contributed by atoms with van der Waals surface area (Å²) in [7, 11) is 0. The number of hydrogen-bond acceptors (Lipinski definition) is 2. The summed E-state index contributed by atoms with van der Waals surface area (Å²) in [4.78, 5) is 6.10. The van der Waals surface area contributed by atoms with Crippen LogP contribution in [0, 0.1) is 0 Å². The van der Waals surface area contributed by atoms with Crippen LogP contribution in [0.3, 0.4) is 0 Å². The number of rotatable bonds is 1. The molecule has 1 aliphatic heterocycles. The lowest BCUT2D eigenvalue weighted by atomic mass is 10.3. The molecular weight excluding hydrogens is 184 g/mol. The van der Waals surface area contributed by atoms with E-state index in [1.165, 1.54) is 0 Å². The first-order valence-corrected chi connectivity index (χ1v) is 4.44. The zero-order valence-electron chi connectivity index (χ0n) is 7.02. The first-order valence-electron chi connectivity index (χ1n) is 4.07. The summed E-state index contributed by atoms with van der Waals surface area (Å²) in [5.74, 6) is 0. The fraction of sp³-hybridized carbons (Fsp3) is 0.100. The van der Waals surface area contributed by atoms with E-state index in [4.69, 9.17) is 11.6 Å². The van der Waals surface area contributed by atoms with Crippen molar-refractivity contribution in [1.29, 1.82) is 0 Å². The Kier molecular flexibility index (Phi) is 2.32. The van der Waals surface area contributed by atoms with Gasteiger partial charge < -0.3 is 4.90 Å². The summed E-state index contributed by atoms with van der Waals surface area (Å²) in [5, 5.41) is 0.762. The van der Waals surface area contributed by atoms with Crippen LogP contribution < -0.4 is 4.90 Å². The van der Waals surface area contributed by atoms with Gasteiger partial charge in [0, 0.05) is 29.3 Å². The molecule has 13 heavy (non-hydrogen) atoms. The molecule has 0 aliphatic carbocycles. The Balaban J connectivity index is 2.21. The Labute approximate surface area is 82.2 Å². The number of aliphatic imine (C=N–C) groups is 1. The highest BCUT2D eigenvalue weighted by atomic mass is 35.5. The molecule has 2 rings (SSSR count). The topological polar surface area (TPSA) is 15.6 Å². The number of hydrogen-bond donors (Lipinski definition) is 0. The molecule has 1 heterocycles. The van der Waals surface area contributed by atoms with Crippen LogP contribution in [0.15, 0.2) is 41.7 Å². The molecule has 0 spiro atoms. The molecule has 3 heteroatoms. The molecule has 0 fully saturated rings. The predicted octanol–water partition coefficient (Wildman–Crippen LogP) is 2.70. The number of benzene rings is 1. The fourth-order valence-electron chi connectivity index (χ4n) is 1.20. The van der Waals surface area contributed by atoms with Gasteiger partial charge in [-0.25, -0.2) is 0 Å². The summed E-state index contributed by atoms with van der Waals surface area (Å²) in [5.41, 5.74) is 1.13. The van der Waals surface area contributed by atoms with Gasteiger partial charge in [0.1, 0.15) is 0 Å². The van der Waals surface area contributed by atoms with E-state index in [1.54, 1.807) is 6.20 Å². The van der Waals surface area contributed by atoms with Gasteiger partial charge in [0.25, 0.3) is 0 Å². The fourth-order valence-corrected chi connectivity index (χ4v) is 1.33. The van der Waals surface area contributed by atoms with Crippen LogP contribution in [0.2, 0.25) is 5.02 Å². The number of halogens is 1. The molecule has 0 saturated carbocycles. The highest BCUT2D eigenvalue weighted by Gasteiger charge is 2.02. The Morgan fingerprint density at radius 1 is 1.23 bits per heavy atom. The van der Waals surface area contributed by atoms with Crippen molar-refractivity contribution in [2.45, 2.75) is 0 Å². The maximum absolute atomic E-state index is 5.79. The van der Waals surface area contributed by atoms with Crippen LogP contribution >= 0.6 is 11.6 Å². The average molecular weight is 193 g/mol. The van der Waals surface area contributed by atoms with E-state index in [0.29, 0.717) is 0 Å². The number of nitrogens with zero attached hydrogens (tertiary/aromatic N) is 2. The molecule has 66 valence electrons. The number of anilines is 1. The Morgan fingerprint density at radius 2 is 2.00 bits per heavy atom. The lowest BCUT2D eigenvalue weighted by molar-refractivity contribution is 1.10. The second-order valence-corrected chi connectivity index (χ2v) is 3.20. The van der Waals surface area contributed by atoms with Crippen LogP contribution in [0.25, 0.3) is 0 Å². The van der Waals surface area contributed by atoms with Gasteiger partial charge in [0.05, 0.1) is 6.54 Å². The Morgan fingerprint density at radius 3 is 2.62 bits per heavy atom. The molecule has 1 aromatic carbocycles.